The summed E-state index contributed by atoms with van der Waals surface area (Å²) >= 11 is 0. The van der Waals surface area contributed by atoms with Crippen molar-refractivity contribution < 1.29 is 19.8 Å². The monoisotopic (exact) mass is 366 g/mol. The van der Waals surface area contributed by atoms with E-state index in [2.05, 4.69) is 29.1 Å². The Morgan fingerprint density at radius 2 is 1.67 bits per heavy atom. The van der Waals surface area contributed by atoms with Crippen molar-refractivity contribution in [2.75, 3.05) is 25.0 Å². The summed E-state index contributed by atoms with van der Waals surface area (Å²) in [5.74, 6) is -1.74. The molecule has 6 heteroatoms. The highest BCUT2D eigenvalue weighted by Crippen LogP contribution is 2.23. The highest BCUT2D eigenvalue weighted by atomic mass is 16.4. The SMILES string of the molecule is CC(=O)O.CN1CCN=C(/C=C/c2ccc(C(=O)O)cc2)c2ccccc21. The van der Waals surface area contributed by atoms with Crippen LogP contribution in [-0.2, 0) is 4.79 Å². The van der Waals surface area contributed by atoms with Crippen LogP contribution >= 0.6 is 0 Å². The second-order valence-corrected chi connectivity index (χ2v) is 5.99. The number of carboxylic acid groups (broad SMARTS) is 2. The predicted molar refractivity (Wildman–Crippen MR) is 107 cm³/mol. The third kappa shape index (κ3) is 5.81. The van der Waals surface area contributed by atoms with E-state index < -0.39 is 11.9 Å². The Hall–Kier alpha value is -3.41. The molecule has 0 atom stereocenters. The Morgan fingerprint density at radius 1 is 1.04 bits per heavy atom. The molecular weight excluding hydrogens is 344 g/mol. The number of allylic oxidation sites excluding steroid dienone is 1. The lowest BCUT2D eigenvalue weighted by atomic mass is 10.1. The number of fused-ring (bicyclic) bond motifs is 1. The average Bonchev–Trinajstić information content (AvgIpc) is 2.79. The molecular formula is C21H22N2O4. The highest BCUT2D eigenvalue weighted by Gasteiger charge is 2.13. The van der Waals surface area contributed by atoms with Gasteiger partial charge in [0.05, 0.1) is 17.8 Å². The number of aliphatic imine (C=N–C) groups is 1. The molecule has 1 aliphatic heterocycles. The van der Waals surface area contributed by atoms with Crippen molar-refractivity contribution in [3.05, 3.63) is 71.3 Å². The molecule has 0 saturated carbocycles. The minimum Gasteiger partial charge on any atom is -0.481 e. The number of hydrogen-bond donors (Lipinski definition) is 2. The van der Waals surface area contributed by atoms with Gasteiger partial charge in [-0.1, -0.05) is 36.4 Å². The molecule has 0 unspecified atom stereocenters. The first kappa shape index (κ1) is 19.9. The summed E-state index contributed by atoms with van der Waals surface area (Å²) in [5, 5.41) is 16.3. The van der Waals surface area contributed by atoms with Gasteiger partial charge in [-0.2, -0.15) is 0 Å². The molecule has 0 radical (unpaired) electrons. The maximum absolute atomic E-state index is 10.9. The molecule has 0 fully saturated rings. The van der Waals surface area contributed by atoms with Gasteiger partial charge < -0.3 is 15.1 Å². The van der Waals surface area contributed by atoms with Crippen molar-refractivity contribution in [3.63, 3.8) is 0 Å². The number of hydrogen-bond acceptors (Lipinski definition) is 4. The maximum Gasteiger partial charge on any atom is 0.335 e. The maximum atomic E-state index is 10.9. The summed E-state index contributed by atoms with van der Waals surface area (Å²) < 4.78 is 0. The second kappa shape index (κ2) is 9.33. The molecule has 27 heavy (non-hydrogen) atoms. The second-order valence-electron chi connectivity index (χ2n) is 5.99. The fraction of sp³-hybridized carbons (Fsp3) is 0.190. The van der Waals surface area contributed by atoms with Crippen LogP contribution in [0.5, 0.6) is 0 Å². The van der Waals surface area contributed by atoms with Crippen LogP contribution in [0, 0.1) is 0 Å². The van der Waals surface area contributed by atoms with Gasteiger partial charge in [0.2, 0.25) is 0 Å². The van der Waals surface area contributed by atoms with E-state index >= 15 is 0 Å². The van der Waals surface area contributed by atoms with Crippen LogP contribution in [0.3, 0.4) is 0 Å². The number of nitrogens with zero attached hydrogens (tertiary/aromatic N) is 2. The smallest absolute Gasteiger partial charge is 0.335 e. The van der Waals surface area contributed by atoms with Gasteiger partial charge in [-0.3, -0.25) is 9.79 Å². The molecule has 0 saturated heterocycles. The van der Waals surface area contributed by atoms with E-state index in [0.29, 0.717) is 5.56 Å². The van der Waals surface area contributed by atoms with Crippen LogP contribution < -0.4 is 4.90 Å². The van der Waals surface area contributed by atoms with Gasteiger partial charge in [0, 0.05) is 31.8 Å². The van der Waals surface area contributed by atoms with Gasteiger partial charge in [-0.05, 0) is 29.8 Å². The van der Waals surface area contributed by atoms with Crippen molar-refractivity contribution >= 4 is 29.4 Å². The molecule has 2 N–H and O–H groups in total. The molecule has 0 bridgehead atoms. The molecule has 2 aromatic carbocycles. The van der Waals surface area contributed by atoms with E-state index in [9.17, 15) is 4.79 Å². The first-order chi connectivity index (χ1) is 12.9. The quantitative estimate of drug-likeness (QED) is 0.869. The Bertz CT molecular complexity index is 866. The first-order valence-corrected chi connectivity index (χ1v) is 8.44. The van der Waals surface area contributed by atoms with Gasteiger partial charge in [-0.15, -0.1) is 0 Å². The fourth-order valence-electron chi connectivity index (χ4n) is 2.60. The summed E-state index contributed by atoms with van der Waals surface area (Å²) in [7, 11) is 2.08. The molecule has 6 nitrogen and oxygen atoms in total. The number of carboxylic acids is 2. The van der Waals surface area contributed by atoms with Gasteiger partial charge in [0.1, 0.15) is 0 Å². The van der Waals surface area contributed by atoms with Crippen LogP contribution in [0.1, 0.15) is 28.4 Å². The fourth-order valence-corrected chi connectivity index (χ4v) is 2.60. The topological polar surface area (TPSA) is 90.2 Å². The van der Waals surface area contributed by atoms with Crippen molar-refractivity contribution in [1.82, 2.24) is 0 Å². The van der Waals surface area contributed by atoms with E-state index in [4.69, 9.17) is 15.0 Å². The van der Waals surface area contributed by atoms with Gasteiger partial charge >= 0.3 is 5.97 Å². The molecule has 0 spiro atoms. The molecule has 0 aliphatic carbocycles. The molecule has 2 aromatic rings. The molecule has 0 aromatic heterocycles. The predicted octanol–water partition coefficient (Wildman–Crippen LogP) is 3.43. The Kier molecular flexibility index (Phi) is 6.88. The zero-order valence-corrected chi connectivity index (χ0v) is 15.3. The number of para-hydroxylation sites is 1. The number of benzene rings is 2. The number of rotatable bonds is 3. The lowest BCUT2D eigenvalue weighted by Crippen LogP contribution is -2.20. The first-order valence-electron chi connectivity index (χ1n) is 8.44. The van der Waals surface area contributed by atoms with Crippen molar-refractivity contribution in [2.45, 2.75) is 6.92 Å². The normalized spacial score (nSPS) is 13.1. The van der Waals surface area contributed by atoms with Crippen LogP contribution in [0.25, 0.3) is 6.08 Å². The Morgan fingerprint density at radius 3 is 2.30 bits per heavy atom. The molecule has 3 rings (SSSR count). The lowest BCUT2D eigenvalue weighted by molar-refractivity contribution is -0.134. The van der Waals surface area contributed by atoms with Crippen molar-refractivity contribution in [1.29, 1.82) is 0 Å². The third-order valence-electron chi connectivity index (χ3n) is 3.90. The van der Waals surface area contributed by atoms with Crippen LogP contribution in [-0.4, -0.2) is 48.0 Å². The van der Waals surface area contributed by atoms with Gasteiger partial charge in [0.25, 0.3) is 5.97 Å². The van der Waals surface area contributed by atoms with Gasteiger partial charge in [-0.25, -0.2) is 4.79 Å². The van der Waals surface area contributed by atoms with Crippen molar-refractivity contribution in [3.8, 4) is 0 Å². The van der Waals surface area contributed by atoms with E-state index in [1.54, 1.807) is 24.3 Å². The molecule has 1 aliphatic rings. The zero-order chi connectivity index (χ0) is 19.8. The summed E-state index contributed by atoms with van der Waals surface area (Å²) in [5.41, 5.74) is 4.49. The lowest BCUT2D eigenvalue weighted by Gasteiger charge is -2.18. The molecule has 1 heterocycles. The van der Waals surface area contributed by atoms with E-state index in [1.807, 2.05) is 24.3 Å². The standard InChI is InChI=1S/C19H18N2O2.C2H4O2/c1-21-13-12-20-17(16-4-2-3-5-18(16)21)11-8-14-6-9-15(10-7-14)19(22)23;1-2(3)4/h2-11H,12-13H2,1H3,(H,22,23);1H3,(H,3,4)/b11-8+;. The minimum absolute atomic E-state index is 0.293. The van der Waals surface area contributed by atoms with Crippen LogP contribution in [0.2, 0.25) is 0 Å². The van der Waals surface area contributed by atoms with Crippen LogP contribution in [0.15, 0.2) is 59.6 Å². The summed E-state index contributed by atoms with van der Waals surface area (Å²) in [6, 6.07) is 15.1. The van der Waals surface area contributed by atoms with Crippen molar-refractivity contribution in [2.24, 2.45) is 4.99 Å². The third-order valence-corrected chi connectivity index (χ3v) is 3.90. The van der Waals surface area contributed by atoms with E-state index in [0.717, 1.165) is 36.9 Å². The number of anilines is 1. The van der Waals surface area contributed by atoms with Crippen LogP contribution in [0.4, 0.5) is 5.69 Å². The van der Waals surface area contributed by atoms with Gasteiger partial charge in [0.15, 0.2) is 0 Å². The number of benzodiazepines with no additional fused rings is 1. The minimum atomic E-state index is -0.911. The zero-order valence-electron chi connectivity index (χ0n) is 15.3. The number of aromatic carboxylic acids is 1. The Balaban J connectivity index is 0.000000596. The summed E-state index contributed by atoms with van der Waals surface area (Å²) in [6.07, 6.45) is 3.96. The Labute approximate surface area is 158 Å². The number of carbonyl (C=O) groups is 2. The largest absolute Gasteiger partial charge is 0.481 e. The molecule has 140 valence electrons. The summed E-state index contributed by atoms with van der Waals surface area (Å²) in [4.78, 5) is 26.8. The number of likely N-dealkylation sites (N-methyl/N-ethyl adjacent to an activating group) is 1. The van der Waals surface area contributed by atoms with E-state index in [-0.39, 0.29) is 0 Å². The highest BCUT2D eigenvalue weighted by molar-refractivity contribution is 6.14. The van der Waals surface area contributed by atoms with E-state index in [1.165, 1.54) is 5.69 Å². The molecule has 0 amide bonds. The number of aliphatic carboxylic acids is 1. The summed E-state index contributed by atoms with van der Waals surface area (Å²) in [6.45, 7) is 2.73. The average molecular weight is 366 g/mol.